The van der Waals surface area contributed by atoms with Gasteiger partial charge in [0.2, 0.25) is 12.3 Å². The smallest absolute Gasteiger partial charge is 0.240 e. The van der Waals surface area contributed by atoms with Crippen LogP contribution in [0.15, 0.2) is 42.5 Å². The summed E-state index contributed by atoms with van der Waals surface area (Å²) in [5.74, 6) is 1.13. The first-order valence-corrected chi connectivity index (χ1v) is 14.6. The molecule has 8 nitrogen and oxygen atoms in total. The summed E-state index contributed by atoms with van der Waals surface area (Å²) >= 11 is 0. The van der Waals surface area contributed by atoms with Gasteiger partial charge in [0.25, 0.3) is 0 Å². The first kappa shape index (κ1) is 33.9. The number of halogens is 1. The molecule has 2 aromatic carbocycles. The van der Waals surface area contributed by atoms with Gasteiger partial charge in [-0.15, -0.1) is 0 Å². The van der Waals surface area contributed by atoms with Crippen LogP contribution in [0.5, 0.6) is 5.75 Å². The summed E-state index contributed by atoms with van der Waals surface area (Å²) in [5, 5.41) is 9.05. The van der Waals surface area contributed by atoms with Crippen molar-refractivity contribution in [1.29, 1.82) is 0 Å². The predicted octanol–water partition coefficient (Wildman–Crippen LogP) is 3.44. The van der Waals surface area contributed by atoms with E-state index >= 15 is 0 Å². The molecule has 226 valence electrons. The average Bonchev–Trinajstić information content (AvgIpc) is 3.83. The first-order chi connectivity index (χ1) is 19.8. The molecule has 0 radical (unpaired) electrons. The number of carbonyl (C=O) groups excluding carboxylic acids is 3. The summed E-state index contributed by atoms with van der Waals surface area (Å²) in [7, 11) is 3.60. The largest absolute Gasteiger partial charge is 0.489 e. The summed E-state index contributed by atoms with van der Waals surface area (Å²) in [5.41, 5.74) is 3.48. The number of fused-ring (bicyclic) bond motifs is 1. The molecule has 0 aromatic heterocycles. The highest BCUT2D eigenvalue weighted by Gasteiger charge is 2.38. The summed E-state index contributed by atoms with van der Waals surface area (Å²) in [6.07, 6.45) is 7.17. The number of rotatable bonds is 13. The Morgan fingerprint density at radius 1 is 1.15 bits per heavy atom. The van der Waals surface area contributed by atoms with Crippen LogP contribution < -0.4 is 20.7 Å². The lowest BCUT2D eigenvalue weighted by Crippen LogP contribution is -2.50. The van der Waals surface area contributed by atoms with Crippen molar-refractivity contribution in [3.8, 4) is 5.75 Å². The van der Waals surface area contributed by atoms with Gasteiger partial charge in [-0.1, -0.05) is 42.8 Å². The third-order valence-corrected chi connectivity index (χ3v) is 7.06. The predicted molar refractivity (Wildman–Crippen MR) is 161 cm³/mol. The van der Waals surface area contributed by atoms with Crippen LogP contribution in [0.3, 0.4) is 0 Å². The van der Waals surface area contributed by atoms with Crippen LogP contribution in [-0.2, 0) is 27.2 Å². The maximum Gasteiger partial charge on any atom is 0.240 e. The Hall–Kier alpha value is -3.30. The lowest BCUT2D eigenvalue weighted by atomic mass is 9.97. The number of carbonyl (C=O) groups is 3. The van der Waals surface area contributed by atoms with Crippen molar-refractivity contribution >= 4 is 18.6 Å². The fourth-order valence-corrected chi connectivity index (χ4v) is 4.42. The first-order valence-electron chi connectivity index (χ1n) is 14.6. The molecule has 1 aliphatic heterocycles. The summed E-state index contributed by atoms with van der Waals surface area (Å²) in [4.78, 5) is 35.3. The van der Waals surface area contributed by atoms with E-state index in [2.05, 4.69) is 41.1 Å². The van der Waals surface area contributed by atoms with E-state index in [4.69, 9.17) is 4.74 Å². The normalized spacial score (nSPS) is 15.9. The van der Waals surface area contributed by atoms with Gasteiger partial charge in [0.15, 0.2) is 0 Å². The minimum atomic E-state index is -0.241. The maximum absolute atomic E-state index is 12.6. The van der Waals surface area contributed by atoms with Crippen LogP contribution in [0.4, 0.5) is 4.39 Å². The quantitative estimate of drug-likeness (QED) is 0.252. The highest BCUT2D eigenvalue weighted by molar-refractivity contribution is 5.84. The van der Waals surface area contributed by atoms with E-state index in [-0.39, 0.29) is 30.4 Å². The molecule has 1 fully saturated rings. The molecule has 0 saturated heterocycles. The van der Waals surface area contributed by atoms with Crippen molar-refractivity contribution in [2.75, 3.05) is 40.3 Å². The lowest BCUT2D eigenvalue weighted by Gasteiger charge is -2.30. The molecular weight excluding hydrogens is 523 g/mol. The summed E-state index contributed by atoms with van der Waals surface area (Å²) in [6, 6.07) is 12.4. The molecule has 4 rings (SSSR count). The van der Waals surface area contributed by atoms with Gasteiger partial charge < -0.3 is 30.4 Å². The Bertz CT molecular complexity index is 1040. The Balaban J connectivity index is 0.000000407. The number of aldehydes is 1. The third-order valence-electron chi connectivity index (χ3n) is 7.06. The van der Waals surface area contributed by atoms with Crippen LogP contribution in [0.2, 0.25) is 0 Å². The number of benzene rings is 2. The van der Waals surface area contributed by atoms with Crippen molar-refractivity contribution in [2.24, 2.45) is 5.92 Å². The minimum absolute atomic E-state index is 0.0147. The molecule has 0 spiro atoms. The molecule has 9 heteroatoms. The van der Waals surface area contributed by atoms with E-state index in [9.17, 15) is 18.8 Å². The van der Waals surface area contributed by atoms with E-state index in [1.165, 1.54) is 28.2 Å². The monoisotopic (exact) mass is 570 g/mol. The molecular formula is C32H47FN4O4. The van der Waals surface area contributed by atoms with Crippen LogP contribution >= 0.6 is 0 Å². The maximum atomic E-state index is 12.6. The lowest BCUT2D eigenvalue weighted by molar-refractivity contribution is -0.134. The van der Waals surface area contributed by atoms with Gasteiger partial charge in [0.1, 0.15) is 24.0 Å². The summed E-state index contributed by atoms with van der Waals surface area (Å²) in [6.45, 7) is 6.46. The molecule has 2 atom stereocenters. The number of nitrogens with one attached hydrogen (secondary N) is 3. The van der Waals surface area contributed by atoms with E-state index in [0.717, 1.165) is 69.1 Å². The van der Waals surface area contributed by atoms with E-state index in [1.54, 1.807) is 19.2 Å². The van der Waals surface area contributed by atoms with E-state index in [1.807, 2.05) is 14.0 Å². The van der Waals surface area contributed by atoms with Gasteiger partial charge in [-0.3, -0.25) is 9.59 Å². The molecule has 0 bridgehead atoms. The zero-order valence-corrected chi connectivity index (χ0v) is 25.0. The van der Waals surface area contributed by atoms with Crippen molar-refractivity contribution in [2.45, 2.75) is 64.5 Å². The molecule has 2 aromatic rings. The Labute approximate surface area is 244 Å². The van der Waals surface area contributed by atoms with Crippen molar-refractivity contribution < 1.29 is 23.5 Å². The second-order valence-electron chi connectivity index (χ2n) is 10.5. The van der Waals surface area contributed by atoms with Crippen LogP contribution in [0.1, 0.15) is 49.3 Å². The van der Waals surface area contributed by atoms with Gasteiger partial charge in [-0.2, -0.15) is 0 Å². The average molecular weight is 571 g/mol. The topological polar surface area (TPSA) is 99.8 Å². The van der Waals surface area contributed by atoms with Gasteiger partial charge >= 0.3 is 0 Å². The Morgan fingerprint density at radius 3 is 2.44 bits per heavy atom. The van der Waals surface area contributed by atoms with Crippen LogP contribution in [0, 0.1) is 18.7 Å². The molecule has 1 saturated carbocycles. The van der Waals surface area contributed by atoms with Gasteiger partial charge in [-0.05, 0) is 88.2 Å². The standard InChI is InChI=1S/C22H31N3O4.C7H7F.C3H9N/c1-25(12-13-26)22(28)20(16-7-8-16)24-14-19-10-9-18-5-2-4-17(21(18)29-19)6-3-11-23-15-27;1-6-2-4-7(8)5-3-6;1-3-4-2/h2,4-5,13,15-16,19-20,24H,3,6-12,14H2,1H3,(H,23,27);2-5H,1H3;4H,3H2,1-2H3. The van der Waals surface area contributed by atoms with Crippen molar-refractivity contribution in [1.82, 2.24) is 20.9 Å². The zero-order valence-electron chi connectivity index (χ0n) is 25.0. The number of amides is 2. The number of hydrogen-bond donors (Lipinski definition) is 3. The van der Waals surface area contributed by atoms with Gasteiger partial charge in [0.05, 0.1) is 12.6 Å². The fourth-order valence-electron chi connectivity index (χ4n) is 4.42. The number of hydrogen-bond acceptors (Lipinski definition) is 6. The van der Waals surface area contributed by atoms with Crippen LogP contribution in [0.25, 0.3) is 0 Å². The van der Waals surface area contributed by atoms with E-state index in [0.29, 0.717) is 19.0 Å². The van der Waals surface area contributed by atoms with Crippen molar-refractivity contribution in [3.63, 3.8) is 0 Å². The zero-order chi connectivity index (χ0) is 30.0. The van der Waals surface area contributed by atoms with Gasteiger partial charge in [0, 0.05) is 20.1 Å². The number of para-hydroxylation sites is 1. The molecule has 2 unspecified atom stereocenters. The molecule has 3 N–H and O–H groups in total. The van der Waals surface area contributed by atoms with Crippen molar-refractivity contribution in [3.05, 3.63) is 65.0 Å². The molecule has 1 heterocycles. The Morgan fingerprint density at radius 2 is 1.85 bits per heavy atom. The third kappa shape index (κ3) is 12.4. The highest BCUT2D eigenvalue weighted by Crippen LogP contribution is 2.34. The number of ether oxygens (including phenoxy) is 1. The number of likely N-dealkylation sites (N-methyl/N-ethyl adjacent to an activating group) is 1. The highest BCUT2D eigenvalue weighted by atomic mass is 19.1. The van der Waals surface area contributed by atoms with E-state index < -0.39 is 0 Å². The Kier molecular flexibility index (Phi) is 15.7. The molecule has 1 aliphatic carbocycles. The molecule has 2 amide bonds. The SMILES string of the molecule is CCNC.CN(CC=O)C(=O)C(NCC1CCc2cccc(CCCNC=O)c2O1)C1CC1.Cc1ccc(F)cc1. The second kappa shape index (κ2) is 18.9. The second-order valence-corrected chi connectivity index (χ2v) is 10.5. The summed E-state index contributed by atoms with van der Waals surface area (Å²) < 4.78 is 18.4. The number of aryl methyl sites for hydroxylation is 3. The van der Waals surface area contributed by atoms with Crippen LogP contribution in [-0.4, -0.2) is 75.9 Å². The van der Waals surface area contributed by atoms with Gasteiger partial charge in [-0.25, -0.2) is 4.39 Å². The molecule has 2 aliphatic rings. The minimum Gasteiger partial charge on any atom is -0.489 e. The molecule has 41 heavy (non-hydrogen) atoms. The fraction of sp³-hybridized carbons (Fsp3) is 0.531. The number of nitrogens with zero attached hydrogens (tertiary/aromatic N) is 1.